The minimum absolute atomic E-state index is 0.000926. The van der Waals surface area contributed by atoms with E-state index in [2.05, 4.69) is 0 Å². The van der Waals surface area contributed by atoms with Crippen molar-refractivity contribution in [2.24, 2.45) is 0 Å². The molecule has 0 amide bonds. The van der Waals surface area contributed by atoms with E-state index in [1.807, 2.05) is 0 Å². The second-order valence-electron chi connectivity index (χ2n) is 4.61. The lowest BCUT2D eigenvalue weighted by atomic mass is 9.63. The summed E-state index contributed by atoms with van der Waals surface area (Å²) in [6, 6.07) is 1.16. The zero-order valence-electron chi connectivity index (χ0n) is 10.2. The molecule has 0 aliphatic heterocycles. The molecule has 0 radical (unpaired) electrons. The van der Waals surface area contributed by atoms with Crippen molar-refractivity contribution in [2.45, 2.75) is 31.6 Å². The number of aliphatic carboxylic acids is 1. The van der Waals surface area contributed by atoms with Crippen molar-refractivity contribution in [2.75, 3.05) is 7.11 Å². The summed E-state index contributed by atoms with van der Waals surface area (Å²) in [7, 11) is 1.34. The summed E-state index contributed by atoms with van der Waals surface area (Å²) in [4.78, 5) is 11.5. The van der Waals surface area contributed by atoms with Gasteiger partial charge in [0.25, 0.3) is 0 Å². The first kappa shape index (κ1) is 13.1. The van der Waals surface area contributed by atoms with Crippen molar-refractivity contribution in [3.05, 3.63) is 28.0 Å². The average Bonchev–Trinajstić information content (AvgIpc) is 2.23. The summed E-state index contributed by atoms with van der Waals surface area (Å²) in [5.41, 5.74) is -0.0907. The molecular weight excluding hydrogens is 259 g/mol. The number of methoxy groups -OCH3 is 1. The Bertz CT molecular complexity index is 509. The zero-order valence-corrected chi connectivity index (χ0v) is 11.0. The molecule has 0 saturated heterocycles. The van der Waals surface area contributed by atoms with Gasteiger partial charge in [-0.15, -0.1) is 0 Å². The van der Waals surface area contributed by atoms with E-state index in [4.69, 9.17) is 16.3 Å². The van der Waals surface area contributed by atoms with Crippen molar-refractivity contribution in [3.8, 4) is 5.75 Å². The lowest BCUT2D eigenvalue weighted by Gasteiger charge is -2.40. The number of ether oxygens (including phenoxy) is 1. The van der Waals surface area contributed by atoms with Crippen molar-refractivity contribution in [1.29, 1.82) is 0 Å². The Morgan fingerprint density at radius 1 is 1.56 bits per heavy atom. The number of carboxylic acids is 1. The fraction of sp³-hybridized carbons (Fsp3) is 0.462. The van der Waals surface area contributed by atoms with E-state index in [9.17, 15) is 14.3 Å². The third kappa shape index (κ3) is 1.67. The predicted molar refractivity (Wildman–Crippen MR) is 65.9 cm³/mol. The first-order chi connectivity index (χ1) is 8.44. The fourth-order valence-corrected chi connectivity index (χ4v) is 2.76. The van der Waals surface area contributed by atoms with Crippen molar-refractivity contribution < 1.29 is 19.0 Å². The Kier molecular flexibility index (Phi) is 3.23. The average molecular weight is 273 g/mol. The van der Waals surface area contributed by atoms with Crippen LogP contribution < -0.4 is 4.74 Å². The number of carbonyl (C=O) groups is 1. The highest BCUT2D eigenvalue weighted by molar-refractivity contribution is 6.31. The normalized spacial score (nSPS) is 17.1. The summed E-state index contributed by atoms with van der Waals surface area (Å²) in [5, 5.41) is 9.67. The predicted octanol–water partition coefficient (Wildman–Crippen LogP) is 3.30. The molecule has 1 aliphatic carbocycles. The minimum atomic E-state index is -1.05. The summed E-state index contributed by atoms with van der Waals surface area (Å²) in [5.74, 6) is -1.56. The van der Waals surface area contributed by atoms with Gasteiger partial charge < -0.3 is 9.84 Å². The van der Waals surface area contributed by atoms with Crippen LogP contribution in [0.15, 0.2) is 6.07 Å². The molecule has 2 rings (SSSR count). The van der Waals surface area contributed by atoms with Crippen LogP contribution in [0.4, 0.5) is 4.39 Å². The lowest BCUT2D eigenvalue weighted by molar-refractivity contribution is -0.147. The van der Waals surface area contributed by atoms with Crippen LogP contribution in [-0.2, 0) is 10.2 Å². The number of halogens is 2. The van der Waals surface area contributed by atoms with Gasteiger partial charge in [0.1, 0.15) is 0 Å². The fourth-order valence-electron chi connectivity index (χ4n) is 2.57. The first-order valence-corrected chi connectivity index (χ1v) is 6.08. The molecule has 0 spiro atoms. The molecule has 3 nitrogen and oxygen atoms in total. The summed E-state index contributed by atoms with van der Waals surface area (Å²) >= 11 is 5.95. The molecule has 98 valence electrons. The van der Waals surface area contributed by atoms with Crippen LogP contribution in [0.2, 0.25) is 5.02 Å². The van der Waals surface area contributed by atoms with Gasteiger partial charge >= 0.3 is 5.97 Å². The van der Waals surface area contributed by atoms with Crippen LogP contribution in [-0.4, -0.2) is 18.2 Å². The maximum Gasteiger partial charge on any atom is 0.314 e. The Balaban J connectivity index is 2.72. The summed E-state index contributed by atoms with van der Waals surface area (Å²) in [6.45, 7) is 1.70. The third-order valence-electron chi connectivity index (χ3n) is 3.73. The van der Waals surface area contributed by atoms with Crippen LogP contribution in [0.3, 0.4) is 0 Å². The molecule has 1 aromatic carbocycles. The van der Waals surface area contributed by atoms with Gasteiger partial charge in [-0.1, -0.05) is 18.0 Å². The maximum atomic E-state index is 13.8. The van der Waals surface area contributed by atoms with E-state index < -0.39 is 17.2 Å². The quantitative estimate of drug-likeness (QED) is 0.918. The third-order valence-corrected chi connectivity index (χ3v) is 4.12. The molecule has 1 N–H and O–H groups in total. The van der Waals surface area contributed by atoms with Gasteiger partial charge in [-0.3, -0.25) is 4.79 Å². The highest BCUT2D eigenvalue weighted by Crippen LogP contribution is 2.50. The smallest absolute Gasteiger partial charge is 0.314 e. The molecule has 18 heavy (non-hydrogen) atoms. The standard InChI is InChI=1S/C13H14ClFO3/c1-7-8(14)6-9(15)11(18-2)10(7)13(12(16)17)4-3-5-13/h6H,3-5H2,1-2H3,(H,16,17). The van der Waals surface area contributed by atoms with E-state index in [1.165, 1.54) is 7.11 Å². The zero-order chi connectivity index (χ0) is 13.5. The number of rotatable bonds is 3. The van der Waals surface area contributed by atoms with Gasteiger partial charge in [0.2, 0.25) is 0 Å². The first-order valence-electron chi connectivity index (χ1n) is 5.70. The number of carboxylic acid groups (broad SMARTS) is 1. The largest absolute Gasteiger partial charge is 0.493 e. The molecular formula is C13H14ClFO3. The van der Waals surface area contributed by atoms with Crippen molar-refractivity contribution in [3.63, 3.8) is 0 Å². The molecule has 0 unspecified atom stereocenters. The summed E-state index contributed by atoms with van der Waals surface area (Å²) in [6.07, 6.45) is 1.78. The number of hydrogen-bond donors (Lipinski definition) is 1. The van der Waals surface area contributed by atoms with E-state index in [0.29, 0.717) is 24.0 Å². The molecule has 5 heteroatoms. The monoisotopic (exact) mass is 272 g/mol. The molecule has 0 bridgehead atoms. The van der Waals surface area contributed by atoms with Crippen LogP contribution >= 0.6 is 11.6 Å². The van der Waals surface area contributed by atoms with Crippen LogP contribution in [0, 0.1) is 12.7 Å². The highest BCUT2D eigenvalue weighted by Gasteiger charge is 2.49. The van der Waals surface area contributed by atoms with Crippen molar-refractivity contribution in [1.82, 2.24) is 0 Å². The van der Waals surface area contributed by atoms with Crippen molar-refractivity contribution >= 4 is 17.6 Å². The summed E-state index contributed by atoms with van der Waals surface area (Å²) < 4.78 is 18.9. The second-order valence-corrected chi connectivity index (χ2v) is 5.02. The molecule has 0 aromatic heterocycles. The Hall–Kier alpha value is -1.29. The Labute approximate surface area is 110 Å². The van der Waals surface area contributed by atoms with Crippen LogP contribution in [0.25, 0.3) is 0 Å². The SMILES string of the molecule is COc1c(F)cc(Cl)c(C)c1C1(C(=O)O)CCC1. The van der Waals surface area contributed by atoms with E-state index in [1.54, 1.807) is 6.92 Å². The molecule has 0 atom stereocenters. The molecule has 1 aromatic rings. The van der Waals surface area contributed by atoms with E-state index in [-0.39, 0.29) is 10.8 Å². The van der Waals surface area contributed by atoms with E-state index >= 15 is 0 Å². The molecule has 1 aliphatic rings. The topological polar surface area (TPSA) is 46.5 Å². The van der Waals surface area contributed by atoms with Gasteiger partial charge in [0, 0.05) is 10.6 Å². The van der Waals surface area contributed by atoms with Gasteiger partial charge in [-0.25, -0.2) is 4.39 Å². The number of benzene rings is 1. The highest BCUT2D eigenvalue weighted by atomic mass is 35.5. The minimum Gasteiger partial charge on any atom is -0.493 e. The lowest BCUT2D eigenvalue weighted by Crippen LogP contribution is -2.43. The molecule has 1 fully saturated rings. The Morgan fingerprint density at radius 3 is 2.56 bits per heavy atom. The maximum absolute atomic E-state index is 13.8. The van der Waals surface area contributed by atoms with Crippen LogP contribution in [0.5, 0.6) is 5.75 Å². The second kappa shape index (κ2) is 4.43. The van der Waals surface area contributed by atoms with Gasteiger partial charge in [-0.2, -0.15) is 0 Å². The Morgan fingerprint density at radius 2 is 2.17 bits per heavy atom. The molecule has 1 saturated carbocycles. The van der Waals surface area contributed by atoms with Gasteiger partial charge in [-0.05, 0) is 31.4 Å². The van der Waals surface area contributed by atoms with E-state index in [0.717, 1.165) is 12.5 Å². The molecule has 0 heterocycles. The number of hydrogen-bond acceptors (Lipinski definition) is 2. The van der Waals surface area contributed by atoms with Crippen LogP contribution in [0.1, 0.15) is 30.4 Å². The van der Waals surface area contributed by atoms with Gasteiger partial charge in [0.15, 0.2) is 11.6 Å². The van der Waals surface area contributed by atoms with Gasteiger partial charge in [0.05, 0.1) is 12.5 Å².